The monoisotopic (exact) mass is 266 g/mol. The van der Waals surface area contributed by atoms with Crippen molar-refractivity contribution in [1.29, 1.82) is 5.26 Å². The van der Waals surface area contributed by atoms with Crippen LogP contribution in [-0.4, -0.2) is 41.1 Å². The minimum Gasteiger partial charge on any atom is -0.353 e. The van der Waals surface area contributed by atoms with Gasteiger partial charge in [0.25, 0.3) is 0 Å². The van der Waals surface area contributed by atoms with Gasteiger partial charge in [0.05, 0.1) is 6.20 Å². The molecule has 1 saturated heterocycles. The SMILES string of the molecule is N#Cc1cnc(-c2ccncc2)nc1N1CCNCC1. The molecule has 0 amide bonds. The average molecular weight is 266 g/mol. The summed E-state index contributed by atoms with van der Waals surface area (Å²) in [5, 5.41) is 12.5. The van der Waals surface area contributed by atoms with Crippen LogP contribution in [0.1, 0.15) is 5.56 Å². The second kappa shape index (κ2) is 5.63. The van der Waals surface area contributed by atoms with E-state index in [0.29, 0.717) is 11.4 Å². The number of nitrogens with one attached hydrogen (secondary N) is 1. The Labute approximate surface area is 117 Å². The second-order valence-corrected chi connectivity index (χ2v) is 4.52. The highest BCUT2D eigenvalue weighted by atomic mass is 15.2. The van der Waals surface area contributed by atoms with Gasteiger partial charge in [-0.3, -0.25) is 4.98 Å². The average Bonchev–Trinajstić information content (AvgIpc) is 2.56. The molecule has 0 aromatic carbocycles. The standard InChI is InChI=1S/C14H14N6/c15-9-12-10-18-13(11-1-3-16-4-2-11)19-14(12)20-7-5-17-6-8-20/h1-4,10,17H,5-8H2. The van der Waals surface area contributed by atoms with Crippen LogP contribution in [0.4, 0.5) is 5.82 Å². The highest BCUT2D eigenvalue weighted by Crippen LogP contribution is 2.21. The van der Waals surface area contributed by atoms with Gasteiger partial charge in [-0.25, -0.2) is 9.97 Å². The molecule has 6 nitrogen and oxygen atoms in total. The maximum atomic E-state index is 9.23. The van der Waals surface area contributed by atoms with Crippen LogP contribution in [0, 0.1) is 11.3 Å². The topological polar surface area (TPSA) is 77.7 Å². The summed E-state index contributed by atoms with van der Waals surface area (Å²) in [7, 11) is 0. The Morgan fingerprint density at radius 2 is 1.95 bits per heavy atom. The number of aromatic nitrogens is 3. The molecule has 0 radical (unpaired) electrons. The Morgan fingerprint density at radius 3 is 2.65 bits per heavy atom. The minimum atomic E-state index is 0.518. The van der Waals surface area contributed by atoms with Crippen LogP contribution in [0.15, 0.2) is 30.7 Å². The van der Waals surface area contributed by atoms with Crippen molar-refractivity contribution in [3.8, 4) is 17.5 Å². The van der Waals surface area contributed by atoms with E-state index < -0.39 is 0 Å². The highest BCUT2D eigenvalue weighted by molar-refractivity contribution is 5.61. The van der Waals surface area contributed by atoms with E-state index in [0.717, 1.165) is 37.6 Å². The number of pyridine rings is 1. The van der Waals surface area contributed by atoms with Gasteiger partial charge in [-0.1, -0.05) is 0 Å². The third kappa shape index (κ3) is 2.44. The third-order valence-corrected chi connectivity index (χ3v) is 3.24. The largest absolute Gasteiger partial charge is 0.353 e. The first-order valence-electron chi connectivity index (χ1n) is 6.51. The van der Waals surface area contributed by atoms with Crippen molar-refractivity contribution in [1.82, 2.24) is 20.3 Å². The molecule has 0 unspecified atom stereocenters. The summed E-state index contributed by atoms with van der Waals surface area (Å²) in [6.45, 7) is 3.50. The lowest BCUT2D eigenvalue weighted by Crippen LogP contribution is -2.44. The first-order chi connectivity index (χ1) is 9.88. The van der Waals surface area contributed by atoms with E-state index in [-0.39, 0.29) is 0 Å². The van der Waals surface area contributed by atoms with Crippen molar-refractivity contribution >= 4 is 5.82 Å². The van der Waals surface area contributed by atoms with E-state index in [4.69, 9.17) is 0 Å². The van der Waals surface area contributed by atoms with E-state index in [1.807, 2.05) is 12.1 Å². The molecular formula is C14H14N6. The molecule has 0 bridgehead atoms. The summed E-state index contributed by atoms with van der Waals surface area (Å²) in [4.78, 5) is 15.0. The Hall–Kier alpha value is -2.52. The van der Waals surface area contributed by atoms with Crippen molar-refractivity contribution in [3.05, 3.63) is 36.3 Å². The van der Waals surface area contributed by atoms with E-state index >= 15 is 0 Å². The Morgan fingerprint density at radius 1 is 1.20 bits per heavy atom. The fraction of sp³-hybridized carbons (Fsp3) is 0.286. The first-order valence-corrected chi connectivity index (χ1v) is 6.51. The molecular weight excluding hydrogens is 252 g/mol. The zero-order valence-electron chi connectivity index (χ0n) is 11.0. The number of nitrogens with zero attached hydrogens (tertiary/aromatic N) is 5. The predicted molar refractivity (Wildman–Crippen MR) is 75.1 cm³/mol. The molecule has 1 fully saturated rings. The van der Waals surface area contributed by atoms with Gasteiger partial charge in [0, 0.05) is 44.1 Å². The number of rotatable bonds is 2. The van der Waals surface area contributed by atoms with Crippen LogP contribution in [0.3, 0.4) is 0 Å². The quantitative estimate of drug-likeness (QED) is 0.867. The van der Waals surface area contributed by atoms with Crippen LogP contribution >= 0.6 is 0 Å². The summed E-state index contributed by atoms with van der Waals surface area (Å²) in [6.07, 6.45) is 5.02. The summed E-state index contributed by atoms with van der Waals surface area (Å²) < 4.78 is 0. The first kappa shape index (κ1) is 12.5. The number of piperazine rings is 1. The second-order valence-electron chi connectivity index (χ2n) is 4.52. The lowest BCUT2D eigenvalue weighted by Gasteiger charge is -2.29. The number of hydrogen-bond acceptors (Lipinski definition) is 6. The van der Waals surface area contributed by atoms with Crippen molar-refractivity contribution < 1.29 is 0 Å². The lowest BCUT2D eigenvalue weighted by molar-refractivity contribution is 0.584. The fourth-order valence-electron chi connectivity index (χ4n) is 2.21. The molecule has 1 aliphatic heterocycles. The molecule has 6 heteroatoms. The van der Waals surface area contributed by atoms with Gasteiger partial charge in [-0.15, -0.1) is 0 Å². The van der Waals surface area contributed by atoms with E-state index in [9.17, 15) is 5.26 Å². The van der Waals surface area contributed by atoms with E-state index in [1.54, 1.807) is 18.6 Å². The van der Waals surface area contributed by atoms with Crippen LogP contribution in [0.5, 0.6) is 0 Å². The van der Waals surface area contributed by atoms with Crippen LogP contribution in [0.25, 0.3) is 11.4 Å². The van der Waals surface area contributed by atoms with Crippen LogP contribution < -0.4 is 10.2 Å². The summed E-state index contributed by atoms with van der Waals surface area (Å²) in [6, 6.07) is 5.90. The zero-order valence-corrected chi connectivity index (χ0v) is 11.0. The van der Waals surface area contributed by atoms with Gasteiger partial charge in [0.1, 0.15) is 11.6 Å². The van der Waals surface area contributed by atoms with Crippen LogP contribution in [-0.2, 0) is 0 Å². The molecule has 1 aliphatic rings. The molecule has 20 heavy (non-hydrogen) atoms. The molecule has 1 N–H and O–H groups in total. The van der Waals surface area contributed by atoms with Gasteiger partial charge >= 0.3 is 0 Å². The molecule has 3 rings (SSSR count). The van der Waals surface area contributed by atoms with Gasteiger partial charge < -0.3 is 10.2 Å². The Kier molecular flexibility index (Phi) is 3.52. The van der Waals surface area contributed by atoms with Gasteiger partial charge in [0.15, 0.2) is 11.6 Å². The Balaban J connectivity index is 2.01. The summed E-state index contributed by atoms with van der Waals surface area (Å²) in [5.41, 5.74) is 1.42. The normalized spacial score (nSPS) is 14.8. The molecule has 2 aromatic heterocycles. The maximum absolute atomic E-state index is 9.23. The highest BCUT2D eigenvalue weighted by Gasteiger charge is 2.17. The minimum absolute atomic E-state index is 0.518. The molecule has 3 heterocycles. The van der Waals surface area contributed by atoms with Gasteiger partial charge in [0.2, 0.25) is 0 Å². The summed E-state index contributed by atoms with van der Waals surface area (Å²) >= 11 is 0. The molecule has 0 atom stereocenters. The van der Waals surface area contributed by atoms with E-state index in [1.165, 1.54) is 0 Å². The molecule has 2 aromatic rings. The third-order valence-electron chi connectivity index (χ3n) is 3.24. The number of nitriles is 1. The van der Waals surface area contributed by atoms with Crippen molar-refractivity contribution in [3.63, 3.8) is 0 Å². The molecule has 0 saturated carbocycles. The maximum Gasteiger partial charge on any atom is 0.161 e. The predicted octanol–water partition coefficient (Wildman–Crippen LogP) is 0.820. The van der Waals surface area contributed by atoms with Crippen molar-refractivity contribution in [2.24, 2.45) is 0 Å². The molecule has 0 aliphatic carbocycles. The summed E-state index contributed by atoms with van der Waals surface area (Å²) in [5.74, 6) is 1.34. The molecule has 0 spiro atoms. The van der Waals surface area contributed by atoms with Gasteiger partial charge in [-0.05, 0) is 12.1 Å². The number of hydrogen-bond donors (Lipinski definition) is 1. The number of anilines is 1. The Bertz CT molecular complexity index is 628. The lowest BCUT2D eigenvalue weighted by atomic mass is 10.2. The molecule has 100 valence electrons. The van der Waals surface area contributed by atoms with Crippen LogP contribution in [0.2, 0.25) is 0 Å². The van der Waals surface area contributed by atoms with Gasteiger partial charge in [-0.2, -0.15) is 5.26 Å². The van der Waals surface area contributed by atoms with Crippen molar-refractivity contribution in [2.45, 2.75) is 0 Å². The van der Waals surface area contributed by atoms with Crippen molar-refractivity contribution in [2.75, 3.05) is 31.1 Å². The fourth-order valence-corrected chi connectivity index (χ4v) is 2.21. The van der Waals surface area contributed by atoms with E-state index in [2.05, 4.69) is 31.2 Å². The zero-order chi connectivity index (χ0) is 13.8. The smallest absolute Gasteiger partial charge is 0.161 e.